The summed E-state index contributed by atoms with van der Waals surface area (Å²) in [5, 5.41) is 5.38. The molecule has 1 aliphatic heterocycles. The first kappa shape index (κ1) is 15.8. The van der Waals surface area contributed by atoms with E-state index < -0.39 is 15.1 Å². The van der Waals surface area contributed by atoms with Gasteiger partial charge in [0.1, 0.15) is 5.82 Å². The smallest absolute Gasteiger partial charge is 0.251 e. The molecule has 1 fully saturated rings. The van der Waals surface area contributed by atoms with Gasteiger partial charge in [-0.05, 0) is 31.4 Å². The van der Waals surface area contributed by atoms with E-state index in [0.29, 0.717) is 24.2 Å². The molecule has 1 aromatic heterocycles. The van der Waals surface area contributed by atoms with Gasteiger partial charge in [-0.3, -0.25) is 4.79 Å². The summed E-state index contributed by atoms with van der Waals surface area (Å²) in [7, 11) is -3.02. The fourth-order valence-corrected chi connectivity index (χ4v) is 4.08. The molecular formula is C14H21N3O3S. The van der Waals surface area contributed by atoms with Crippen LogP contribution in [0.1, 0.15) is 36.5 Å². The Morgan fingerprint density at radius 3 is 2.95 bits per heavy atom. The molecular weight excluding hydrogens is 290 g/mol. The van der Waals surface area contributed by atoms with E-state index in [4.69, 9.17) is 0 Å². The van der Waals surface area contributed by atoms with Crippen LogP contribution in [-0.2, 0) is 9.84 Å². The molecule has 0 aromatic carbocycles. The normalized spacial score (nSPS) is 20.1. The van der Waals surface area contributed by atoms with Gasteiger partial charge in [0, 0.05) is 24.8 Å². The number of nitrogens with one attached hydrogen (secondary N) is 2. The molecule has 0 bridgehead atoms. The molecule has 0 saturated carbocycles. The van der Waals surface area contributed by atoms with Crippen molar-refractivity contribution in [1.82, 2.24) is 10.3 Å². The van der Waals surface area contributed by atoms with Crippen LogP contribution in [-0.4, -0.2) is 43.4 Å². The number of carbonyl (C=O) groups excluding carboxylic acids is 1. The highest BCUT2D eigenvalue weighted by molar-refractivity contribution is 7.92. The Morgan fingerprint density at radius 2 is 2.29 bits per heavy atom. The number of pyridine rings is 1. The second-order valence-corrected chi connectivity index (χ2v) is 7.60. The number of hydrogen-bond acceptors (Lipinski definition) is 5. The summed E-state index contributed by atoms with van der Waals surface area (Å²) in [5.41, 5.74) is 0.485. The van der Waals surface area contributed by atoms with E-state index in [0.717, 1.165) is 13.0 Å². The lowest BCUT2D eigenvalue weighted by atomic mass is 10.2. The zero-order chi connectivity index (χ0) is 15.3. The molecule has 1 unspecified atom stereocenters. The maximum Gasteiger partial charge on any atom is 0.251 e. The molecule has 116 valence electrons. The third-order valence-electron chi connectivity index (χ3n) is 3.53. The number of nitrogens with zero attached hydrogens (tertiary/aromatic N) is 1. The average Bonchev–Trinajstić information content (AvgIpc) is 2.81. The van der Waals surface area contributed by atoms with Crippen LogP contribution in [0.15, 0.2) is 18.3 Å². The number of carbonyl (C=O) groups is 1. The zero-order valence-corrected chi connectivity index (χ0v) is 12.9. The molecule has 1 aromatic rings. The molecule has 1 aliphatic rings. The van der Waals surface area contributed by atoms with Gasteiger partial charge in [-0.15, -0.1) is 0 Å². The Morgan fingerprint density at radius 1 is 1.48 bits per heavy atom. The minimum Gasteiger partial charge on any atom is -0.370 e. The van der Waals surface area contributed by atoms with Gasteiger partial charge in [0.25, 0.3) is 5.91 Å². The van der Waals surface area contributed by atoms with Crippen molar-refractivity contribution in [3.8, 4) is 0 Å². The van der Waals surface area contributed by atoms with Crippen LogP contribution in [0.2, 0.25) is 0 Å². The van der Waals surface area contributed by atoms with Crippen molar-refractivity contribution in [1.29, 1.82) is 0 Å². The molecule has 2 rings (SSSR count). The lowest BCUT2D eigenvalue weighted by Crippen LogP contribution is -2.34. The Labute approximate surface area is 125 Å². The van der Waals surface area contributed by atoms with Crippen LogP contribution in [0.25, 0.3) is 0 Å². The highest BCUT2D eigenvalue weighted by Gasteiger charge is 2.31. The molecule has 0 aliphatic carbocycles. The molecule has 0 spiro atoms. The lowest BCUT2D eigenvalue weighted by Gasteiger charge is -2.11. The number of anilines is 1. The largest absolute Gasteiger partial charge is 0.370 e. The Hall–Kier alpha value is -1.63. The van der Waals surface area contributed by atoms with Crippen molar-refractivity contribution in [2.45, 2.75) is 31.4 Å². The predicted molar refractivity (Wildman–Crippen MR) is 82.2 cm³/mol. The van der Waals surface area contributed by atoms with Crippen LogP contribution in [0, 0.1) is 0 Å². The molecule has 21 heavy (non-hydrogen) atoms. The Kier molecular flexibility index (Phi) is 5.17. The van der Waals surface area contributed by atoms with Crippen molar-refractivity contribution in [2.75, 3.05) is 24.2 Å². The topological polar surface area (TPSA) is 88.2 Å². The fraction of sp³-hybridized carbons (Fsp3) is 0.571. The van der Waals surface area contributed by atoms with Crippen molar-refractivity contribution < 1.29 is 13.2 Å². The highest BCUT2D eigenvalue weighted by Crippen LogP contribution is 2.19. The van der Waals surface area contributed by atoms with Gasteiger partial charge in [0.05, 0.1) is 11.0 Å². The number of hydrogen-bond donors (Lipinski definition) is 2. The van der Waals surface area contributed by atoms with Gasteiger partial charge in [0.15, 0.2) is 9.84 Å². The summed E-state index contributed by atoms with van der Waals surface area (Å²) in [6.07, 6.45) is 3.85. The van der Waals surface area contributed by atoms with E-state index in [2.05, 4.69) is 15.6 Å². The summed E-state index contributed by atoms with van der Waals surface area (Å²) in [5.74, 6) is 0.616. The van der Waals surface area contributed by atoms with Crippen molar-refractivity contribution in [3.05, 3.63) is 23.9 Å². The van der Waals surface area contributed by atoms with Gasteiger partial charge >= 0.3 is 0 Å². The standard InChI is InChI=1S/C14H21N3O3S/c1-2-6-15-13-9-11(5-7-16-13)14(18)17-10-12-4-3-8-21(12,19)20/h5,7,9,12H,2-4,6,8,10H2,1H3,(H,15,16)(H,17,18). The summed E-state index contributed by atoms with van der Waals surface area (Å²) < 4.78 is 23.4. The van der Waals surface area contributed by atoms with E-state index in [9.17, 15) is 13.2 Å². The summed E-state index contributed by atoms with van der Waals surface area (Å²) in [6, 6.07) is 3.30. The molecule has 7 heteroatoms. The van der Waals surface area contributed by atoms with Gasteiger partial charge in [-0.1, -0.05) is 6.92 Å². The van der Waals surface area contributed by atoms with E-state index in [1.165, 1.54) is 0 Å². The minimum atomic E-state index is -3.02. The van der Waals surface area contributed by atoms with Crippen molar-refractivity contribution >= 4 is 21.6 Å². The third kappa shape index (κ3) is 4.17. The van der Waals surface area contributed by atoms with Crippen LogP contribution in [0.5, 0.6) is 0 Å². The molecule has 2 N–H and O–H groups in total. The zero-order valence-electron chi connectivity index (χ0n) is 12.1. The van der Waals surface area contributed by atoms with Gasteiger partial charge in [-0.25, -0.2) is 13.4 Å². The van der Waals surface area contributed by atoms with Crippen LogP contribution < -0.4 is 10.6 Å². The second-order valence-electron chi connectivity index (χ2n) is 5.20. The van der Waals surface area contributed by atoms with Crippen LogP contribution in [0.3, 0.4) is 0 Å². The van der Waals surface area contributed by atoms with E-state index in [1.807, 2.05) is 6.92 Å². The third-order valence-corrected chi connectivity index (χ3v) is 5.81. The molecule has 6 nitrogen and oxygen atoms in total. The SMILES string of the molecule is CCCNc1cc(C(=O)NCC2CCCS2(=O)=O)ccn1. The van der Waals surface area contributed by atoms with Crippen molar-refractivity contribution in [3.63, 3.8) is 0 Å². The quantitative estimate of drug-likeness (QED) is 0.824. The first-order valence-electron chi connectivity index (χ1n) is 7.22. The Bertz CT molecular complexity index is 601. The number of sulfone groups is 1. The monoisotopic (exact) mass is 311 g/mol. The predicted octanol–water partition coefficient (Wildman–Crippen LogP) is 1.21. The minimum absolute atomic E-state index is 0.182. The number of aromatic nitrogens is 1. The first-order valence-corrected chi connectivity index (χ1v) is 8.94. The summed E-state index contributed by atoms with van der Waals surface area (Å²) >= 11 is 0. The second kappa shape index (κ2) is 6.89. The fourth-order valence-electron chi connectivity index (χ4n) is 2.32. The number of rotatable bonds is 6. The molecule has 1 saturated heterocycles. The van der Waals surface area contributed by atoms with Gasteiger partial charge < -0.3 is 10.6 Å². The number of amides is 1. The molecule has 1 amide bonds. The van der Waals surface area contributed by atoms with Gasteiger partial charge in [0.2, 0.25) is 0 Å². The van der Waals surface area contributed by atoms with Crippen molar-refractivity contribution in [2.24, 2.45) is 0 Å². The average molecular weight is 311 g/mol. The molecule has 2 heterocycles. The maximum atomic E-state index is 12.1. The molecule has 0 radical (unpaired) electrons. The van der Waals surface area contributed by atoms with E-state index >= 15 is 0 Å². The van der Waals surface area contributed by atoms with E-state index in [-0.39, 0.29) is 18.2 Å². The van der Waals surface area contributed by atoms with E-state index in [1.54, 1.807) is 18.3 Å². The maximum absolute atomic E-state index is 12.1. The molecule has 1 atom stereocenters. The summed E-state index contributed by atoms with van der Waals surface area (Å²) in [6.45, 7) is 3.02. The van der Waals surface area contributed by atoms with Crippen LogP contribution >= 0.6 is 0 Å². The lowest BCUT2D eigenvalue weighted by molar-refractivity contribution is 0.0953. The van der Waals surface area contributed by atoms with Gasteiger partial charge in [-0.2, -0.15) is 0 Å². The first-order chi connectivity index (χ1) is 10.0. The highest BCUT2D eigenvalue weighted by atomic mass is 32.2. The Balaban J connectivity index is 1.94. The van der Waals surface area contributed by atoms with Crippen LogP contribution in [0.4, 0.5) is 5.82 Å². The summed E-state index contributed by atoms with van der Waals surface area (Å²) in [4.78, 5) is 16.2.